The number of nitrogens with one attached hydrogen (secondary N) is 1. The predicted molar refractivity (Wildman–Crippen MR) is 129 cm³/mol. The van der Waals surface area contributed by atoms with Crippen molar-refractivity contribution in [1.29, 1.82) is 0 Å². The number of carbonyl (C=O) groups excluding carboxylic acids is 1. The molecule has 0 saturated heterocycles. The molecule has 0 saturated carbocycles. The maximum absolute atomic E-state index is 12.9. The molecule has 0 atom stereocenters. The Bertz CT molecular complexity index is 1380. The van der Waals surface area contributed by atoms with Crippen LogP contribution in [-0.2, 0) is 0 Å². The highest BCUT2D eigenvalue weighted by atomic mass is 16.5. The standard InChI is InChI=1S/C26H23N3O5/c1-32-23-12-17(13-24(33-2)25(23)34-3)9-10-22(30)18-6-4-8-20(14-18)29-16-21(28-26(29)31)19-7-5-11-27-15-19/h4-16H,1-3H3,(H,28,31)/b10-9+. The molecule has 0 bridgehead atoms. The molecule has 0 amide bonds. The molecule has 4 aromatic rings. The number of aromatic amines is 1. The first-order valence-electron chi connectivity index (χ1n) is 10.4. The van der Waals surface area contributed by atoms with Crippen molar-refractivity contribution in [2.45, 2.75) is 0 Å². The summed E-state index contributed by atoms with van der Waals surface area (Å²) in [6.07, 6.45) is 8.15. The normalized spacial score (nSPS) is 10.9. The number of imidazole rings is 1. The van der Waals surface area contributed by atoms with Crippen molar-refractivity contribution < 1.29 is 19.0 Å². The van der Waals surface area contributed by atoms with Gasteiger partial charge in [0.25, 0.3) is 0 Å². The second kappa shape index (κ2) is 9.91. The molecule has 0 spiro atoms. The average molecular weight is 457 g/mol. The third-order valence-electron chi connectivity index (χ3n) is 5.21. The van der Waals surface area contributed by atoms with Crippen LogP contribution >= 0.6 is 0 Å². The SMILES string of the molecule is COc1cc(/C=C/C(=O)c2cccc(-n3cc(-c4cccnc4)[nH]c3=O)c2)cc(OC)c1OC. The molecule has 0 unspecified atom stereocenters. The van der Waals surface area contributed by atoms with Gasteiger partial charge in [-0.25, -0.2) is 4.79 Å². The van der Waals surface area contributed by atoms with E-state index in [9.17, 15) is 9.59 Å². The lowest BCUT2D eigenvalue weighted by molar-refractivity contribution is 0.104. The van der Waals surface area contributed by atoms with E-state index in [-0.39, 0.29) is 11.5 Å². The molecule has 0 aliphatic carbocycles. The Hall–Kier alpha value is -4.59. The van der Waals surface area contributed by atoms with Gasteiger partial charge in [-0.3, -0.25) is 14.3 Å². The number of nitrogens with zero attached hydrogens (tertiary/aromatic N) is 2. The number of methoxy groups -OCH3 is 3. The molecule has 4 rings (SSSR count). The molecule has 172 valence electrons. The Morgan fingerprint density at radius 2 is 1.76 bits per heavy atom. The van der Waals surface area contributed by atoms with Gasteiger partial charge in [-0.1, -0.05) is 18.2 Å². The van der Waals surface area contributed by atoms with E-state index in [0.717, 1.165) is 5.56 Å². The monoisotopic (exact) mass is 457 g/mol. The van der Waals surface area contributed by atoms with Gasteiger partial charge in [-0.15, -0.1) is 0 Å². The minimum atomic E-state index is -0.309. The zero-order chi connectivity index (χ0) is 24.1. The van der Waals surface area contributed by atoms with Gasteiger partial charge in [0.05, 0.1) is 32.7 Å². The predicted octanol–water partition coefficient (Wildman–Crippen LogP) is 4.15. The topological polar surface area (TPSA) is 95.4 Å². The van der Waals surface area contributed by atoms with Crippen LogP contribution in [0.25, 0.3) is 23.0 Å². The highest BCUT2D eigenvalue weighted by Crippen LogP contribution is 2.38. The number of benzene rings is 2. The number of pyridine rings is 1. The van der Waals surface area contributed by atoms with Gasteiger partial charge in [-0.2, -0.15) is 0 Å². The Labute approximate surface area is 196 Å². The van der Waals surface area contributed by atoms with E-state index in [1.54, 1.807) is 67.1 Å². The summed E-state index contributed by atoms with van der Waals surface area (Å²) in [6, 6.07) is 14.0. The van der Waals surface area contributed by atoms with Gasteiger partial charge in [0, 0.05) is 29.7 Å². The molecule has 8 nitrogen and oxygen atoms in total. The van der Waals surface area contributed by atoms with Crippen LogP contribution in [-0.4, -0.2) is 41.6 Å². The number of ether oxygens (including phenoxy) is 3. The van der Waals surface area contributed by atoms with Gasteiger partial charge >= 0.3 is 5.69 Å². The fourth-order valence-corrected chi connectivity index (χ4v) is 3.53. The van der Waals surface area contributed by atoms with E-state index in [0.29, 0.717) is 39.8 Å². The van der Waals surface area contributed by atoms with E-state index in [1.807, 2.05) is 6.07 Å². The number of hydrogen-bond donors (Lipinski definition) is 1. The average Bonchev–Trinajstić information content (AvgIpc) is 3.28. The van der Waals surface area contributed by atoms with E-state index >= 15 is 0 Å². The summed E-state index contributed by atoms with van der Waals surface area (Å²) in [7, 11) is 4.59. The maximum atomic E-state index is 12.9. The molecule has 1 N–H and O–H groups in total. The van der Waals surface area contributed by atoms with E-state index < -0.39 is 0 Å². The molecule has 34 heavy (non-hydrogen) atoms. The first kappa shape index (κ1) is 22.6. The van der Waals surface area contributed by atoms with Crippen molar-refractivity contribution in [2.24, 2.45) is 0 Å². The molecule has 2 aromatic carbocycles. The minimum Gasteiger partial charge on any atom is -0.493 e. The van der Waals surface area contributed by atoms with Gasteiger partial charge in [0.15, 0.2) is 17.3 Å². The van der Waals surface area contributed by atoms with Crippen LogP contribution in [0.1, 0.15) is 15.9 Å². The fraction of sp³-hybridized carbons (Fsp3) is 0.115. The molecule has 2 heterocycles. The van der Waals surface area contributed by atoms with Crippen molar-refractivity contribution in [1.82, 2.24) is 14.5 Å². The Balaban J connectivity index is 1.61. The van der Waals surface area contributed by atoms with Crippen LogP contribution in [0.2, 0.25) is 0 Å². The minimum absolute atomic E-state index is 0.216. The summed E-state index contributed by atoms with van der Waals surface area (Å²) < 4.78 is 17.5. The number of carbonyl (C=O) groups is 1. The van der Waals surface area contributed by atoms with Crippen molar-refractivity contribution >= 4 is 11.9 Å². The molecule has 2 aromatic heterocycles. The van der Waals surface area contributed by atoms with Crippen molar-refractivity contribution in [2.75, 3.05) is 21.3 Å². The lowest BCUT2D eigenvalue weighted by Gasteiger charge is -2.12. The third kappa shape index (κ3) is 4.61. The van der Waals surface area contributed by atoms with Crippen LogP contribution in [0.5, 0.6) is 17.2 Å². The van der Waals surface area contributed by atoms with Crippen LogP contribution in [0.15, 0.2) is 78.0 Å². The highest BCUT2D eigenvalue weighted by molar-refractivity contribution is 6.07. The number of allylic oxidation sites excluding steroid dienone is 1. The largest absolute Gasteiger partial charge is 0.493 e. The maximum Gasteiger partial charge on any atom is 0.330 e. The Morgan fingerprint density at radius 3 is 2.41 bits per heavy atom. The zero-order valence-corrected chi connectivity index (χ0v) is 18.9. The van der Waals surface area contributed by atoms with E-state index in [4.69, 9.17) is 14.2 Å². The fourth-order valence-electron chi connectivity index (χ4n) is 3.53. The summed E-state index contributed by atoms with van der Waals surface area (Å²) in [5.74, 6) is 1.25. The smallest absolute Gasteiger partial charge is 0.330 e. The summed E-state index contributed by atoms with van der Waals surface area (Å²) in [5.41, 5.74) is 2.84. The van der Waals surface area contributed by atoms with Crippen LogP contribution in [0.4, 0.5) is 0 Å². The van der Waals surface area contributed by atoms with Gasteiger partial charge < -0.3 is 19.2 Å². The number of aromatic nitrogens is 3. The summed E-state index contributed by atoms with van der Waals surface area (Å²) in [6.45, 7) is 0. The van der Waals surface area contributed by atoms with E-state index in [2.05, 4.69) is 9.97 Å². The van der Waals surface area contributed by atoms with Gasteiger partial charge in [-0.05, 0) is 48.0 Å². The highest BCUT2D eigenvalue weighted by Gasteiger charge is 2.13. The molecule has 0 aliphatic rings. The van der Waals surface area contributed by atoms with Crippen molar-refractivity contribution in [3.05, 3.63) is 94.8 Å². The quantitative estimate of drug-likeness (QED) is 0.316. The zero-order valence-electron chi connectivity index (χ0n) is 18.9. The Kier molecular flexibility index (Phi) is 6.59. The first-order chi connectivity index (χ1) is 16.5. The first-order valence-corrected chi connectivity index (χ1v) is 10.4. The number of ketones is 1. The molecular weight excluding hydrogens is 434 g/mol. The summed E-state index contributed by atoms with van der Waals surface area (Å²) in [4.78, 5) is 32.3. The lowest BCUT2D eigenvalue weighted by Crippen LogP contribution is -2.14. The molecule has 0 radical (unpaired) electrons. The summed E-state index contributed by atoms with van der Waals surface area (Å²) in [5, 5.41) is 0. The van der Waals surface area contributed by atoms with Crippen molar-refractivity contribution in [3.8, 4) is 34.2 Å². The van der Waals surface area contributed by atoms with E-state index in [1.165, 1.54) is 32.0 Å². The van der Waals surface area contributed by atoms with Gasteiger partial charge in [0.2, 0.25) is 5.75 Å². The molecule has 8 heteroatoms. The summed E-state index contributed by atoms with van der Waals surface area (Å²) >= 11 is 0. The third-order valence-corrected chi connectivity index (χ3v) is 5.21. The molecule has 0 aliphatic heterocycles. The van der Waals surface area contributed by atoms with Crippen molar-refractivity contribution in [3.63, 3.8) is 0 Å². The molecule has 0 fully saturated rings. The lowest BCUT2D eigenvalue weighted by atomic mass is 10.1. The molecular formula is C26H23N3O5. The Morgan fingerprint density at radius 1 is 1.00 bits per heavy atom. The van der Waals surface area contributed by atoms with Crippen LogP contribution in [0, 0.1) is 0 Å². The number of H-pyrrole nitrogens is 1. The number of hydrogen-bond acceptors (Lipinski definition) is 6. The second-order valence-electron chi connectivity index (χ2n) is 7.29. The van der Waals surface area contributed by atoms with Crippen LogP contribution < -0.4 is 19.9 Å². The second-order valence-corrected chi connectivity index (χ2v) is 7.29. The van der Waals surface area contributed by atoms with Crippen LogP contribution in [0.3, 0.4) is 0 Å². The van der Waals surface area contributed by atoms with Gasteiger partial charge in [0.1, 0.15) is 0 Å². The number of rotatable bonds is 8.